The summed E-state index contributed by atoms with van der Waals surface area (Å²) in [5, 5.41) is 12.7. The van der Waals surface area contributed by atoms with Gasteiger partial charge in [0.2, 0.25) is 5.13 Å². The molecule has 0 saturated heterocycles. The molecule has 0 saturated carbocycles. The van der Waals surface area contributed by atoms with E-state index in [0.29, 0.717) is 40.6 Å². The molecule has 6 nitrogen and oxygen atoms in total. The molecule has 1 N–H and O–H groups in total. The van der Waals surface area contributed by atoms with E-state index >= 15 is 0 Å². The lowest BCUT2D eigenvalue weighted by atomic mass is 10.3. The summed E-state index contributed by atoms with van der Waals surface area (Å²) in [6.45, 7) is 4.79. The zero-order valence-corrected chi connectivity index (χ0v) is 15.5. The molecule has 1 aromatic heterocycles. The van der Waals surface area contributed by atoms with Gasteiger partial charge in [0.1, 0.15) is 10.8 Å². The van der Waals surface area contributed by atoms with Gasteiger partial charge in [0, 0.05) is 18.1 Å². The van der Waals surface area contributed by atoms with Crippen molar-refractivity contribution in [2.24, 2.45) is 0 Å². The van der Waals surface area contributed by atoms with Crippen LogP contribution in [0.15, 0.2) is 18.2 Å². The van der Waals surface area contributed by atoms with Gasteiger partial charge in [-0.05, 0) is 32.0 Å². The van der Waals surface area contributed by atoms with Gasteiger partial charge < -0.3 is 9.47 Å². The molecule has 1 amide bonds. The summed E-state index contributed by atoms with van der Waals surface area (Å²) in [5.74, 6) is 0.0481. The molecule has 0 aliphatic heterocycles. The van der Waals surface area contributed by atoms with Crippen LogP contribution < -0.4 is 10.1 Å². The van der Waals surface area contributed by atoms with E-state index in [4.69, 9.17) is 32.7 Å². The number of nitrogens with one attached hydrogen (secondary N) is 1. The maximum absolute atomic E-state index is 12.2. The molecule has 130 valence electrons. The van der Waals surface area contributed by atoms with Crippen LogP contribution >= 0.6 is 34.5 Å². The molecular weight excluding hydrogens is 373 g/mol. The Hall–Kier alpha value is -1.41. The van der Waals surface area contributed by atoms with E-state index in [9.17, 15) is 4.79 Å². The van der Waals surface area contributed by atoms with Gasteiger partial charge in [-0.1, -0.05) is 34.5 Å². The van der Waals surface area contributed by atoms with Crippen molar-refractivity contribution >= 4 is 45.6 Å². The van der Waals surface area contributed by atoms with E-state index in [2.05, 4.69) is 15.5 Å². The number of ether oxygens (including phenoxy) is 2. The quantitative estimate of drug-likeness (QED) is 0.694. The smallest absolute Gasteiger partial charge is 0.266 e. The second-order valence-corrected chi connectivity index (χ2v) is 6.68. The van der Waals surface area contributed by atoms with Crippen LogP contribution in [0.2, 0.25) is 10.0 Å². The van der Waals surface area contributed by atoms with Crippen molar-refractivity contribution in [1.29, 1.82) is 0 Å². The average molecular weight is 390 g/mol. The Bertz CT molecular complexity index is 696. The van der Waals surface area contributed by atoms with Gasteiger partial charge in [0.05, 0.1) is 11.6 Å². The largest absolute Gasteiger partial charge is 0.479 e. The number of amides is 1. The zero-order valence-electron chi connectivity index (χ0n) is 13.2. The predicted octanol–water partition coefficient (Wildman–Crippen LogP) is 3.83. The predicted molar refractivity (Wildman–Crippen MR) is 95.3 cm³/mol. The molecule has 0 aliphatic rings. The van der Waals surface area contributed by atoms with Gasteiger partial charge in [-0.3, -0.25) is 10.1 Å². The molecule has 0 spiro atoms. The minimum atomic E-state index is -0.751. The maximum atomic E-state index is 12.2. The van der Waals surface area contributed by atoms with Gasteiger partial charge in [-0.2, -0.15) is 0 Å². The third-order valence-corrected chi connectivity index (χ3v) is 4.36. The van der Waals surface area contributed by atoms with Gasteiger partial charge in [-0.25, -0.2) is 0 Å². The number of aromatic nitrogens is 2. The lowest BCUT2D eigenvalue weighted by Crippen LogP contribution is -2.30. The van der Waals surface area contributed by atoms with E-state index in [1.807, 2.05) is 6.92 Å². The first-order chi connectivity index (χ1) is 11.5. The van der Waals surface area contributed by atoms with Gasteiger partial charge >= 0.3 is 0 Å². The molecule has 9 heteroatoms. The standard InChI is InChI=1S/C15H17Cl2N3O3S/c1-3-22-7-6-13-19-20-15(24-13)18-14(21)9(2)23-12-5-4-10(16)8-11(12)17/h4-5,8-9H,3,6-7H2,1-2H3,(H,18,20,21)/t9-/m0/s1. The lowest BCUT2D eigenvalue weighted by molar-refractivity contribution is -0.122. The number of carbonyl (C=O) groups excluding carboxylic acids is 1. The van der Waals surface area contributed by atoms with Gasteiger partial charge in [0.15, 0.2) is 6.10 Å². The van der Waals surface area contributed by atoms with Gasteiger partial charge in [0.25, 0.3) is 5.91 Å². The Balaban J connectivity index is 1.89. The summed E-state index contributed by atoms with van der Waals surface area (Å²) >= 11 is 13.2. The summed E-state index contributed by atoms with van der Waals surface area (Å²) < 4.78 is 10.8. The van der Waals surface area contributed by atoms with Crippen molar-refractivity contribution in [3.63, 3.8) is 0 Å². The fourth-order valence-electron chi connectivity index (χ4n) is 1.73. The minimum Gasteiger partial charge on any atom is -0.479 e. The van der Waals surface area contributed by atoms with Crippen molar-refractivity contribution in [3.05, 3.63) is 33.3 Å². The van der Waals surface area contributed by atoms with E-state index in [0.717, 1.165) is 5.01 Å². The van der Waals surface area contributed by atoms with Crippen molar-refractivity contribution in [1.82, 2.24) is 10.2 Å². The fourth-order valence-corrected chi connectivity index (χ4v) is 2.91. The molecule has 0 bridgehead atoms. The lowest BCUT2D eigenvalue weighted by Gasteiger charge is -2.14. The minimum absolute atomic E-state index is 0.339. The van der Waals surface area contributed by atoms with Crippen LogP contribution in [-0.4, -0.2) is 35.4 Å². The van der Waals surface area contributed by atoms with Crippen LogP contribution in [0, 0.1) is 0 Å². The number of carbonyl (C=O) groups is 1. The second kappa shape index (κ2) is 9.17. The zero-order chi connectivity index (χ0) is 17.5. The summed E-state index contributed by atoms with van der Waals surface area (Å²) in [7, 11) is 0. The van der Waals surface area contributed by atoms with Crippen LogP contribution in [0.3, 0.4) is 0 Å². The van der Waals surface area contributed by atoms with E-state index < -0.39 is 6.10 Å². The molecule has 0 fully saturated rings. The molecule has 24 heavy (non-hydrogen) atoms. The van der Waals surface area contributed by atoms with Crippen LogP contribution in [0.5, 0.6) is 5.75 Å². The topological polar surface area (TPSA) is 73.3 Å². The van der Waals surface area contributed by atoms with Crippen molar-refractivity contribution in [3.8, 4) is 5.75 Å². The Morgan fingerprint density at radius 1 is 1.38 bits per heavy atom. The van der Waals surface area contributed by atoms with E-state index in [1.165, 1.54) is 11.3 Å². The van der Waals surface area contributed by atoms with Crippen molar-refractivity contribution in [2.75, 3.05) is 18.5 Å². The van der Waals surface area contributed by atoms with Gasteiger partial charge in [-0.15, -0.1) is 10.2 Å². The summed E-state index contributed by atoms with van der Waals surface area (Å²) in [5.41, 5.74) is 0. The number of hydrogen-bond donors (Lipinski definition) is 1. The molecule has 1 atom stereocenters. The Morgan fingerprint density at radius 2 is 2.17 bits per heavy atom. The van der Waals surface area contributed by atoms with Crippen LogP contribution in [0.25, 0.3) is 0 Å². The summed E-state index contributed by atoms with van der Waals surface area (Å²) in [6, 6.07) is 4.81. The van der Waals surface area contributed by atoms with Crippen LogP contribution in [0.1, 0.15) is 18.9 Å². The molecule has 1 heterocycles. The average Bonchev–Trinajstić information content (AvgIpc) is 2.97. The first-order valence-corrected chi connectivity index (χ1v) is 8.89. The summed E-state index contributed by atoms with van der Waals surface area (Å²) in [4.78, 5) is 12.2. The first kappa shape index (κ1) is 18.9. The number of hydrogen-bond acceptors (Lipinski definition) is 6. The van der Waals surface area contributed by atoms with E-state index in [1.54, 1.807) is 25.1 Å². The number of rotatable bonds is 8. The van der Waals surface area contributed by atoms with Crippen LogP contribution in [0.4, 0.5) is 5.13 Å². The third-order valence-electron chi connectivity index (χ3n) is 2.93. The monoisotopic (exact) mass is 389 g/mol. The Kier molecular flexibility index (Phi) is 7.23. The Morgan fingerprint density at radius 3 is 2.88 bits per heavy atom. The maximum Gasteiger partial charge on any atom is 0.266 e. The fraction of sp³-hybridized carbons (Fsp3) is 0.400. The van der Waals surface area contributed by atoms with E-state index in [-0.39, 0.29) is 5.91 Å². The highest BCUT2D eigenvalue weighted by molar-refractivity contribution is 7.15. The number of halogens is 2. The molecule has 2 aromatic rings. The van der Waals surface area contributed by atoms with Crippen molar-refractivity contribution < 1.29 is 14.3 Å². The molecule has 0 unspecified atom stereocenters. The van der Waals surface area contributed by atoms with Crippen molar-refractivity contribution in [2.45, 2.75) is 26.4 Å². The molecule has 1 aromatic carbocycles. The third kappa shape index (κ3) is 5.59. The number of nitrogens with zero attached hydrogens (tertiary/aromatic N) is 2. The number of anilines is 1. The van der Waals surface area contributed by atoms with Crippen LogP contribution in [-0.2, 0) is 16.0 Å². The highest BCUT2D eigenvalue weighted by Gasteiger charge is 2.18. The normalized spacial score (nSPS) is 12.0. The second-order valence-electron chi connectivity index (χ2n) is 4.77. The first-order valence-electron chi connectivity index (χ1n) is 7.32. The SMILES string of the molecule is CCOCCc1nnc(NC(=O)[C@H](C)Oc2ccc(Cl)cc2Cl)s1. The molecular formula is C15H17Cl2N3O3S. The number of benzene rings is 1. The molecule has 0 radical (unpaired) electrons. The molecule has 2 rings (SSSR count). The highest BCUT2D eigenvalue weighted by Crippen LogP contribution is 2.28. The summed E-state index contributed by atoms with van der Waals surface area (Å²) in [6.07, 6.45) is -0.0900. The Labute approximate surface area is 154 Å². The highest BCUT2D eigenvalue weighted by atomic mass is 35.5. The molecule has 0 aliphatic carbocycles.